The van der Waals surface area contributed by atoms with Crippen molar-refractivity contribution in [3.05, 3.63) is 78.4 Å². The number of pyridine rings is 2. The van der Waals surface area contributed by atoms with E-state index in [9.17, 15) is 23.2 Å². The van der Waals surface area contributed by atoms with Crippen molar-refractivity contribution in [2.75, 3.05) is 41.8 Å². The van der Waals surface area contributed by atoms with Crippen molar-refractivity contribution in [1.82, 2.24) is 30.4 Å². The van der Waals surface area contributed by atoms with E-state index in [0.29, 0.717) is 41.8 Å². The van der Waals surface area contributed by atoms with Gasteiger partial charge in [-0.25, -0.2) is 9.78 Å². The normalized spacial score (nSPS) is 15.9. The summed E-state index contributed by atoms with van der Waals surface area (Å²) in [6.45, 7) is 2.43. The van der Waals surface area contributed by atoms with E-state index in [1.54, 1.807) is 18.5 Å². The number of piperidine rings is 1. The predicted molar refractivity (Wildman–Crippen MR) is 174 cm³/mol. The van der Waals surface area contributed by atoms with E-state index in [0.717, 1.165) is 43.0 Å². The van der Waals surface area contributed by atoms with Crippen LogP contribution in [0.2, 0.25) is 0 Å². The van der Waals surface area contributed by atoms with Gasteiger partial charge in [0.25, 0.3) is 5.91 Å². The molecule has 1 aromatic carbocycles. The van der Waals surface area contributed by atoms with E-state index in [1.807, 2.05) is 18.2 Å². The molecule has 13 nitrogen and oxygen atoms in total. The molecule has 250 valence electrons. The molecule has 5 heterocycles. The van der Waals surface area contributed by atoms with E-state index < -0.39 is 17.5 Å². The Morgan fingerprint density at radius 3 is 2.50 bits per heavy atom. The standard InChI is InChI=1S/C32H32ClF2N9O4/c1-42(19-22-2-5-24(18-36-22)44-15-11-28(45)40-31(44)47)23-9-13-43(14-10-23)29-26(27-8-12-38-41-27)16-20(17-37-29)30(46)39-21-3-6-25(7-4-21)48-32(33,34)35/h2-8,12,16-18,23H,9-11,13-15,19H2,1H3,(H,38,41)(H,39,46)(H,40,45,47). The second-order valence-corrected chi connectivity index (χ2v) is 11.9. The Hall–Kier alpha value is -5.15. The van der Waals surface area contributed by atoms with Crippen molar-refractivity contribution in [3.63, 3.8) is 0 Å². The summed E-state index contributed by atoms with van der Waals surface area (Å²) < 4.78 is 30.1. The lowest BCUT2D eigenvalue weighted by molar-refractivity contribution is -0.120. The molecule has 48 heavy (non-hydrogen) atoms. The number of H-pyrrole nitrogens is 1. The molecule has 2 fully saturated rings. The van der Waals surface area contributed by atoms with Crippen molar-refractivity contribution in [3.8, 4) is 17.0 Å². The van der Waals surface area contributed by atoms with Crippen molar-refractivity contribution >= 4 is 46.6 Å². The van der Waals surface area contributed by atoms with Gasteiger partial charge in [-0.2, -0.15) is 5.10 Å². The molecule has 4 amide bonds. The average Bonchev–Trinajstić information content (AvgIpc) is 3.61. The fourth-order valence-electron chi connectivity index (χ4n) is 5.76. The number of hydrogen-bond acceptors (Lipinski definition) is 9. The summed E-state index contributed by atoms with van der Waals surface area (Å²) in [4.78, 5) is 51.9. The lowest BCUT2D eigenvalue weighted by atomic mass is 10.0. The molecule has 3 aromatic heterocycles. The molecule has 0 radical (unpaired) electrons. The number of rotatable bonds is 10. The molecule has 2 aliphatic heterocycles. The summed E-state index contributed by atoms with van der Waals surface area (Å²) in [5, 5.41) is 12.1. The molecule has 0 bridgehead atoms. The quantitative estimate of drug-likeness (QED) is 0.200. The Morgan fingerprint density at radius 1 is 1.08 bits per heavy atom. The van der Waals surface area contributed by atoms with E-state index in [-0.39, 0.29) is 18.1 Å². The highest BCUT2D eigenvalue weighted by atomic mass is 35.5. The van der Waals surface area contributed by atoms with Gasteiger partial charge in [-0.15, -0.1) is 8.78 Å². The molecule has 16 heteroatoms. The molecule has 0 aliphatic carbocycles. The summed E-state index contributed by atoms with van der Waals surface area (Å²) >= 11 is 4.82. The number of alkyl halides is 3. The first-order chi connectivity index (χ1) is 23.0. The third-order valence-corrected chi connectivity index (χ3v) is 8.32. The van der Waals surface area contributed by atoms with E-state index in [4.69, 9.17) is 16.6 Å². The maximum atomic E-state index is 13.1. The maximum Gasteiger partial charge on any atom is 0.487 e. The number of hydrogen-bond donors (Lipinski definition) is 3. The van der Waals surface area contributed by atoms with Crippen molar-refractivity contribution in [1.29, 1.82) is 0 Å². The van der Waals surface area contributed by atoms with Gasteiger partial charge in [-0.3, -0.25) is 34.8 Å². The van der Waals surface area contributed by atoms with Crippen molar-refractivity contribution in [2.45, 2.75) is 37.4 Å². The van der Waals surface area contributed by atoms with Crippen LogP contribution in [-0.4, -0.2) is 81.2 Å². The first-order valence-electron chi connectivity index (χ1n) is 15.2. The molecular formula is C32H32ClF2N9O4. The summed E-state index contributed by atoms with van der Waals surface area (Å²) in [6, 6.07) is 12.6. The Morgan fingerprint density at radius 2 is 1.85 bits per heavy atom. The number of amides is 4. The maximum absolute atomic E-state index is 13.1. The second-order valence-electron chi connectivity index (χ2n) is 11.5. The Balaban J connectivity index is 1.08. The molecule has 4 aromatic rings. The van der Waals surface area contributed by atoms with Gasteiger partial charge in [-0.05, 0) is 68.4 Å². The number of urea groups is 1. The van der Waals surface area contributed by atoms with Gasteiger partial charge in [-0.1, -0.05) is 0 Å². The van der Waals surface area contributed by atoms with Gasteiger partial charge in [0.2, 0.25) is 5.91 Å². The number of imide groups is 1. The third kappa shape index (κ3) is 7.86. The average molecular weight is 680 g/mol. The number of carbonyl (C=O) groups excluding carboxylic acids is 3. The van der Waals surface area contributed by atoms with Crippen molar-refractivity contribution in [2.24, 2.45) is 0 Å². The van der Waals surface area contributed by atoms with Gasteiger partial charge in [0.1, 0.15) is 11.6 Å². The van der Waals surface area contributed by atoms with Crippen LogP contribution in [0.4, 0.5) is 30.8 Å². The molecule has 6 rings (SSSR count). The number of benzene rings is 1. The number of aromatic nitrogens is 4. The Kier molecular flexibility index (Phi) is 9.50. The summed E-state index contributed by atoms with van der Waals surface area (Å²) in [5.41, 5.74) is -0.215. The van der Waals surface area contributed by atoms with Crippen LogP contribution in [0.5, 0.6) is 5.75 Å². The molecule has 0 spiro atoms. The number of nitrogens with zero attached hydrogens (tertiary/aromatic N) is 6. The summed E-state index contributed by atoms with van der Waals surface area (Å²) in [6.07, 6.45) is 6.80. The first-order valence-corrected chi connectivity index (χ1v) is 15.6. The predicted octanol–water partition coefficient (Wildman–Crippen LogP) is 4.83. The molecular weight excluding hydrogens is 648 g/mol. The SMILES string of the molecule is CN(Cc1ccc(N2CCC(=O)NC2=O)cn1)C1CCN(c2ncc(C(=O)Nc3ccc(OC(F)(F)Cl)cc3)cc2-c2ccn[nH]2)CC1. The lowest BCUT2D eigenvalue weighted by Crippen LogP contribution is -2.49. The number of carbonyl (C=O) groups is 3. The number of ether oxygens (including phenoxy) is 1. The zero-order valence-corrected chi connectivity index (χ0v) is 26.6. The van der Waals surface area contributed by atoms with E-state index in [1.165, 1.54) is 35.4 Å². The van der Waals surface area contributed by atoms with Crippen LogP contribution in [0, 0.1) is 0 Å². The van der Waals surface area contributed by atoms with Gasteiger partial charge in [0, 0.05) is 73.9 Å². The smallest absolute Gasteiger partial charge is 0.420 e. The van der Waals surface area contributed by atoms with Crippen LogP contribution in [0.3, 0.4) is 0 Å². The van der Waals surface area contributed by atoms with Crippen LogP contribution >= 0.6 is 11.6 Å². The second kappa shape index (κ2) is 13.9. The monoisotopic (exact) mass is 679 g/mol. The Bertz CT molecular complexity index is 1760. The number of anilines is 3. The van der Waals surface area contributed by atoms with E-state index in [2.05, 4.69) is 47.4 Å². The highest BCUT2D eigenvalue weighted by Crippen LogP contribution is 2.32. The van der Waals surface area contributed by atoms with Crippen LogP contribution in [0.1, 0.15) is 35.3 Å². The summed E-state index contributed by atoms with van der Waals surface area (Å²) in [7, 11) is 2.06. The van der Waals surface area contributed by atoms with Crippen molar-refractivity contribution < 1.29 is 27.9 Å². The Labute approximate surface area is 279 Å². The van der Waals surface area contributed by atoms with Crippen LogP contribution in [-0.2, 0) is 11.3 Å². The number of aromatic amines is 1. The minimum atomic E-state index is -3.84. The largest absolute Gasteiger partial charge is 0.487 e. The van der Waals surface area contributed by atoms with Gasteiger partial charge in [0.15, 0.2) is 0 Å². The highest BCUT2D eigenvalue weighted by molar-refractivity contribution is 6.20. The van der Waals surface area contributed by atoms with Crippen LogP contribution in [0.15, 0.2) is 67.1 Å². The van der Waals surface area contributed by atoms with Gasteiger partial charge in [0.05, 0.1) is 28.8 Å². The molecule has 2 aliphatic rings. The lowest BCUT2D eigenvalue weighted by Gasteiger charge is -2.37. The van der Waals surface area contributed by atoms with E-state index >= 15 is 0 Å². The fraction of sp³-hybridized carbons (Fsp3) is 0.312. The van der Waals surface area contributed by atoms with Crippen LogP contribution < -0.4 is 25.2 Å². The minimum absolute atomic E-state index is 0.147. The molecule has 0 saturated carbocycles. The zero-order valence-electron chi connectivity index (χ0n) is 25.8. The van der Waals surface area contributed by atoms with Gasteiger partial charge >= 0.3 is 11.6 Å². The molecule has 3 N–H and O–H groups in total. The topological polar surface area (TPSA) is 149 Å². The summed E-state index contributed by atoms with van der Waals surface area (Å²) in [5.74, 6) is -0.129. The van der Waals surface area contributed by atoms with Crippen LogP contribution in [0.25, 0.3) is 11.3 Å². The number of halogens is 3. The molecule has 0 atom stereocenters. The molecule has 2 saturated heterocycles. The number of nitrogens with one attached hydrogen (secondary N) is 3. The first kappa shape index (κ1) is 32.8. The third-order valence-electron chi connectivity index (χ3n) is 8.24. The van der Waals surface area contributed by atoms with Gasteiger partial charge < -0.3 is 15.0 Å². The molecule has 0 unspecified atom stereocenters. The zero-order chi connectivity index (χ0) is 33.8. The fourth-order valence-corrected chi connectivity index (χ4v) is 5.85. The highest BCUT2D eigenvalue weighted by Gasteiger charge is 2.29. The minimum Gasteiger partial charge on any atom is -0.420 e.